The molecule has 1 rings (SSSR count). The SMILES string of the molecule is CCCNC(=O)[C@@H](C)NC(=O)COC(=O)/C=C/c1ccc(C#N)cc1. The molecule has 2 amide bonds. The van der Waals surface area contributed by atoms with Crippen molar-refractivity contribution in [3.05, 3.63) is 41.5 Å². The Labute approximate surface area is 146 Å². The molecule has 1 atom stereocenters. The second-order valence-electron chi connectivity index (χ2n) is 5.26. The van der Waals surface area contributed by atoms with Gasteiger partial charge in [0.1, 0.15) is 6.04 Å². The highest BCUT2D eigenvalue weighted by Gasteiger charge is 2.15. The molecule has 0 spiro atoms. The van der Waals surface area contributed by atoms with E-state index in [0.717, 1.165) is 12.0 Å². The zero-order valence-electron chi connectivity index (χ0n) is 14.2. The largest absolute Gasteiger partial charge is 0.452 e. The Bertz CT molecular complexity index is 675. The third-order valence-electron chi connectivity index (χ3n) is 3.12. The molecule has 132 valence electrons. The summed E-state index contributed by atoms with van der Waals surface area (Å²) in [5, 5.41) is 13.8. The van der Waals surface area contributed by atoms with Crippen LogP contribution in [0.5, 0.6) is 0 Å². The molecule has 0 aliphatic heterocycles. The van der Waals surface area contributed by atoms with Gasteiger partial charge in [-0.15, -0.1) is 0 Å². The van der Waals surface area contributed by atoms with Crippen LogP contribution in [0.2, 0.25) is 0 Å². The summed E-state index contributed by atoms with van der Waals surface area (Å²) in [5.41, 5.74) is 1.25. The fourth-order valence-corrected chi connectivity index (χ4v) is 1.77. The molecule has 0 bridgehead atoms. The molecule has 0 aromatic heterocycles. The molecule has 2 N–H and O–H groups in total. The summed E-state index contributed by atoms with van der Waals surface area (Å²) in [6, 6.07) is 7.92. The minimum Gasteiger partial charge on any atom is -0.452 e. The van der Waals surface area contributed by atoms with E-state index >= 15 is 0 Å². The lowest BCUT2D eigenvalue weighted by Crippen LogP contribution is -2.46. The Hall–Kier alpha value is -3.14. The number of rotatable bonds is 8. The highest BCUT2D eigenvalue weighted by Crippen LogP contribution is 2.05. The van der Waals surface area contributed by atoms with Crippen molar-refractivity contribution in [1.82, 2.24) is 10.6 Å². The van der Waals surface area contributed by atoms with Crippen molar-refractivity contribution in [3.63, 3.8) is 0 Å². The van der Waals surface area contributed by atoms with E-state index in [1.165, 1.54) is 12.2 Å². The monoisotopic (exact) mass is 343 g/mol. The van der Waals surface area contributed by atoms with Gasteiger partial charge in [0, 0.05) is 12.6 Å². The summed E-state index contributed by atoms with van der Waals surface area (Å²) in [5.74, 6) is -1.52. The second kappa shape index (κ2) is 10.6. The minimum absolute atomic E-state index is 0.290. The topological polar surface area (TPSA) is 108 Å². The maximum absolute atomic E-state index is 11.7. The van der Waals surface area contributed by atoms with Crippen LogP contribution in [0, 0.1) is 11.3 Å². The van der Waals surface area contributed by atoms with Crippen LogP contribution in [-0.2, 0) is 19.1 Å². The average molecular weight is 343 g/mol. The maximum atomic E-state index is 11.7. The third-order valence-corrected chi connectivity index (χ3v) is 3.12. The number of hydrogen-bond donors (Lipinski definition) is 2. The molecule has 7 heteroatoms. The molecule has 1 aromatic rings. The van der Waals surface area contributed by atoms with Crippen LogP contribution < -0.4 is 10.6 Å². The first-order chi connectivity index (χ1) is 12.0. The van der Waals surface area contributed by atoms with Crippen molar-refractivity contribution >= 4 is 23.9 Å². The van der Waals surface area contributed by atoms with Crippen molar-refractivity contribution in [2.45, 2.75) is 26.3 Å². The van der Waals surface area contributed by atoms with E-state index in [4.69, 9.17) is 10.00 Å². The van der Waals surface area contributed by atoms with Gasteiger partial charge in [-0.25, -0.2) is 4.79 Å². The second-order valence-corrected chi connectivity index (χ2v) is 5.26. The van der Waals surface area contributed by atoms with E-state index in [-0.39, 0.29) is 5.91 Å². The van der Waals surface area contributed by atoms with Gasteiger partial charge in [-0.2, -0.15) is 5.26 Å². The van der Waals surface area contributed by atoms with Crippen LogP contribution in [0.4, 0.5) is 0 Å². The number of amides is 2. The zero-order valence-corrected chi connectivity index (χ0v) is 14.2. The molecule has 0 fully saturated rings. The van der Waals surface area contributed by atoms with Crippen LogP contribution in [0.1, 0.15) is 31.4 Å². The average Bonchev–Trinajstić information content (AvgIpc) is 2.62. The van der Waals surface area contributed by atoms with Crippen LogP contribution in [-0.4, -0.2) is 37.0 Å². The first-order valence-electron chi connectivity index (χ1n) is 7.88. The highest BCUT2D eigenvalue weighted by molar-refractivity contribution is 5.91. The van der Waals surface area contributed by atoms with Gasteiger partial charge in [0.15, 0.2) is 6.61 Å². The van der Waals surface area contributed by atoms with E-state index in [1.54, 1.807) is 31.2 Å². The van der Waals surface area contributed by atoms with Gasteiger partial charge >= 0.3 is 5.97 Å². The van der Waals surface area contributed by atoms with Crippen molar-refractivity contribution in [2.75, 3.05) is 13.2 Å². The Kier molecular flexibility index (Phi) is 8.44. The zero-order chi connectivity index (χ0) is 18.7. The molecular formula is C18H21N3O4. The van der Waals surface area contributed by atoms with E-state index in [0.29, 0.717) is 12.1 Å². The predicted molar refractivity (Wildman–Crippen MR) is 92.1 cm³/mol. The van der Waals surface area contributed by atoms with Gasteiger partial charge in [-0.3, -0.25) is 9.59 Å². The molecular weight excluding hydrogens is 322 g/mol. The highest BCUT2D eigenvalue weighted by atomic mass is 16.5. The Morgan fingerprint density at radius 3 is 2.56 bits per heavy atom. The number of carbonyl (C=O) groups excluding carboxylic acids is 3. The van der Waals surface area contributed by atoms with E-state index < -0.39 is 24.5 Å². The lowest BCUT2D eigenvalue weighted by molar-refractivity contribution is -0.144. The van der Waals surface area contributed by atoms with E-state index in [9.17, 15) is 14.4 Å². The smallest absolute Gasteiger partial charge is 0.331 e. The van der Waals surface area contributed by atoms with Crippen molar-refractivity contribution < 1.29 is 19.1 Å². The number of nitrogens with one attached hydrogen (secondary N) is 2. The first-order valence-corrected chi connectivity index (χ1v) is 7.88. The number of carbonyl (C=O) groups is 3. The minimum atomic E-state index is -0.702. The van der Waals surface area contributed by atoms with Gasteiger partial charge in [-0.1, -0.05) is 19.1 Å². The molecule has 0 aliphatic rings. The van der Waals surface area contributed by atoms with Crippen molar-refractivity contribution in [2.24, 2.45) is 0 Å². The molecule has 25 heavy (non-hydrogen) atoms. The first kappa shape index (κ1) is 19.9. The van der Waals surface area contributed by atoms with Crippen LogP contribution in [0.3, 0.4) is 0 Å². The van der Waals surface area contributed by atoms with Gasteiger partial charge in [0.2, 0.25) is 5.91 Å². The lowest BCUT2D eigenvalue weighted by atomic mass is 10.1. The summed E-state index contributed by atoms with van der Waals surface area (Å²) in [7, 11) is 0. The number of benzene rings is 1. The summed E-state index contributed by atoms with van der Waals surface area (Å²) in [6.07, 6.45) is 3.50. The fraction of sp³-hybridized carbons (Fsp3) is 0.333. The molecule has 0 unspecified atom stereocenters. The molecule has 0 aliphatic carbocycles. The summed E-state index contributed by atoms with van der Waals surface area (Å²) >= 11 is 0. The van der Waals surface area contributed by atoms with Gasteiger partial charge in [-0.05, 0) is 37.1 Å². The molecule has 7 nitrogen and oxygen atoms in total. The van der Waals surface area contributed by atoms with Gasteiger partial charge in [0.25, 0.3) is 5.91 Å². The van der Waals surface area contributed by atoms with E-state index in [1.807, 2.05) is 13.0 Å². The fourth-order valence-electron chi connectivity index (χ4n) is 1.77. The summed E-state index contributed by atoms with van der Waals surface area (Å²) in [4.78, 5) is 34.9. The summed E-state index contributed by atoms with van der Waals surface area (Å²) in [6.45, 7) is 3.54. The van der Waals surface area contributed by atoms with Gasteiger partial charge < -0.3 is 15.4 Å². The lowest BCUT2D eigenvalue weighted by Gasteiger charge is -2.13. The Morgan fingerprint density at radius 1 is 1.28 bits per heavy atom. The maximum Gasteiger partial charge on any atom is 0.331 e. The Balaban J connectivity index is 2.37. The van der Waals surface area contributed by atoms with Crippen LogP contribution in [0.25, 0.3) is 6.08 Å². The molecule has 0 radical (unpaired) electrons. The number of esters is 1. The van der Waals surface area contributed by atoms with Crippen LogP contribution in [0.15, 0.2) is 30.3 Å². The van der Waals surface area contributed by atoms with Crippen molar-refractivity contribution in [1.29, 1.82) is 5.26 Å². The molecule has 0 saturated carbocycles. The normalized spacial score (nSPS) is 11.4. The Morgan fingerprint density at radius 2 is 1.96 bits per heavy atom. The third kappa shape index (κ3) is 7.79. The van der Waals surface area contributed by atoms with E-state index in [2.05, 4.69) is 10.6 Å². The van der Waals surface area contributed by atoms with Crippen LogP contribution >= 0.6 is 0 Å². The molecule has 1 aromatic carbocycles. The predicted octanol–water partition coefficient (Wildman–Crippen LogP) is 1.15. The number of ether oxygens (including phenoxy) is 1. The number of nitrogens with zero attached hydrogens (tertiary/aromatic N) is 1. The van der Waals surface area contributed by atoms with Crippen molar-refractivity contribution in [3.8, 4) is 6.07 Å². The molecule has 0 saturated heterocycles. The standard InChI is InChI=1S/C18H21N3O4/c1-3-10-20-18(24)13(2)21-16(22)12-25-17(23)9-8-14-4-6-15(11-19)7-5-14/h4-9,13H,3,10,12H2,1-2H3,(H,20,24)(H,21,22)/b9-8+/t13-/m1/s1. The number of hydrogen-bond acceptors (Lipinski definition) is 5. The number of nitriles is 1. The summed E-state index contributed by atoms with van der Waals surface area (Å²) < 4.78 is 4.81. The molecule has 0 heterocycles. The quantitative estimate of drug-likeness (QED) is 0.544. The van der Waals surface area contributed by atoms with Gasteiger partial charge in [0.05, 0.1) is 11.6 Å².